The Balaban J connectivity index is 1.03. The van der Waals surface area contributed by atoms with Gasteiger partial charge in [-0.15, -0.1) is 11.3 Å². The third-order valence-electron chi connectivity index (χ3n) is 11.0. The monoisotopic (exact) mass is 653 g/mol. The summed E-state index contributed by atoms with van der Waals surface area (Å²) in [6.45, 7) is 0. The topological polar surface area (TPSA) is 3.24 Å². The Kier molecular flexibility index (Phi) is 6.02. The number of allylic oxidation sites excluding steroid dienone is 2. The summed E-state index contributed by atoms with van der Waals surface area (Å²) < 4.78 is 2.69. The minimum absolute atomic E-state index is 0.185. The second-order valence-electron chi connectivity index (χ2n) is 13.6. The van der Waals surface area contributed by atoms with Crippen LogP contribution in [-0.4, -0.2) is 6.04 Å². The first-order chi connectivity index (χ1) is 24.8. The normalized spacial score (nSPS) is 16.8. The van der Waals surface area contributed by atoms with Gasteiger partial charge in [-0.1, -0.05) is 133 Å². The zero-order valence-electron chi connectivity index (χ0n) is 27.3. The number of hydrogen-bond acceptors (Lipinski definition) is 2. The van der Waals surface area contributed by atoms with Crippen LogP contribution in [0.25, 0.3) is 69.2 Å². The number of benzene rings is 8. The van der Waals surface area contributed by atoms with Crippen molar-refractivity contribution in [3.05, 3.63) is 187 Å². The van der Waals surface area contributed by atoms with E-state index in [2.05, 4.69) is 181 Å². The van der Waals surface area contributed by atoms with Crippen molar-refractivity contribution in [3.8, 4) is 11.1 Å². The molecular weight excluding hydrogens is 623 g/mol. The van der Waals surface area contributed by atoms with Gasteiger partial charge in [-0.25, -0.2) is 0 Å². The summed E-state index contributed by atoms with van der Waals surface area (Å²) in [5.74, 6) is 0.296. The van der Waals surface area contributed by atoms with Crippen LogP contribution in [0.15, 0.2) is 176 Å². The third kappa shape index (κ3) is 4.12. The van der Waals surface area contributed by atoms with Gasteiger partial charge in [0.05, 0.1) is 6.04 Å². The third-order valence-corrected chi connectivity index (χ3v) is 12.1. The standard InChI is InChI=1S/C48H31NS/c1-2-14-37-35(12-1)36-13-3-4-15-38(36)43-27-31(20-23-39(37)43)30-10-9-11-34(26-30)49-45-18-7-5-16-40(45)41-24-21-33(29-46(41)49)32-22-25-48-44(28-32)42-17-6-8-19-47(42)50-48/h1-29,41,46H. The van der Waals surface area contributed by atoms with E-state index in [-0.39, 0.29) is 6.04 Å². The van der Waals surface area contributed by atoms with E-state index in [9.17, 15) is 0 Å². The Morgan fingerprint density at radius 3 is 1.88 bits per heavy atom. The fourth-order valence-electron chi connectivity index (χ4n) is 8.67. The molecule has 2 aliphatic rings. The van der Waals surface area contributed by atoms with Crippen molar-refractivity contribution in [2.45, 2.75) is 12.0 Å². The second-order valence-corrected chi connectivity index (χ2v) is 14.7. The van der Waals surface area contributed by atoms with Crippen molar-refractivity contribution in [1.29, 1.82) is 0 Å². The van der Waals surface area contributed by atoms with Gasteiger partial charge in [0, 0.05) is 37.5 Å². The summed E-state index contributed by atoms with van der Waals surface area (Å²) >= 11 is 1.88. The number of anilines is 2. The second kappa shape index (κ2) is 10.8. The van der Waals surface area contributed by atoms with Crippen molar-refractivity contribution < 1.29 is 0 Å². The molecule has 9 aromatic rings. The van der Waals surface area contributed by atoms with Crippen LogP contribution in [0.1, 0.15) is 17.0 Å². The molecule has 0 fully saturated rings. The van der Waals surface area contributed by atoms with Gasteiger partial charge in [-0.2, -0.15) is 0 Å². The fourth-order valence-corrected chi connectivity index (χ4v) is 9.75. The van der Waals surface area contributed by atoms with Crippen LogP contribution in [0, 0.1) is 0 Å². The Bertz CT molecular complexity index is 2870. The maximum Gasteiger partial charge on any atom is 0.0635 e. The van der Waals surface area contributed by atoms with Crippen LogP contribution in [0.5, 0.6) is 0 Å². The predicted molar refractivity (Wildman–Crippen MR) is 216 cm³/mol. The number of nitrogens with zero attached hydrogens (tertiary/aromatic N) is 1. The molecule has 0 saturated carbocycles. The van der Waals surface area contributed by atoms with Crippen LogP contribution in [0.2, 0.25) is 0 Å². The van der Waals surface area contributed by atoms with E-state index in [1.807, 2.05) is 11.3 Å². The molecule has 11 rings (SSSR count). The van der Waals surface area contributed by atoms with E-state index in [0.29, 0.717) is 5.92 Å². The summed E-state index contributed by atoms with van der Waals surface area (Å²) in [5.41, 5.74) is 8.92. The summed E-state index contributed by atoms with van der Waals surface area (Å²) in [6, 6.07) is 58.7. The number of rotatable bonds is 3. The van der Waals surface area contributed by atoms with E-state index in [1.54, 1.807) is 0 Å². The summed E-state index contributed by atoms with van der Waals surface area (Å²) in [5, 5.41) is 10.5. The van der Waals surface area contributed by atoms with Crippen LogP contribution < -0.4 is 4.90 Å². The highest BCUT2D eigenvalue weighted by molar-refractivity contribution is 7.25. The zero-order valence-corrected chi connectivity index (χ0v) is 28.1. The molecule has 8 aromatic carbocycles. The maximum absolute atomic E-state index is 2.56. The molecule has 0 amide bonds. The van der Waals surface area contributed by atoms with Crippen molar-refractivity contribution in [2.24, 2.45) is 0 Å². The first-order valence-corrected chi connectivity index (χ1v) is 18.2. The van der Waals surface area contributed by atoms with Crippen molar-refractivity contribution >= 4 is 80.8 Å². The Morgan fingerprint density at radius 1 is 0.440 bits per heavy atom. The van der Waals surface area contributed by atoms with Gasteiger partial charge in [-0.05, 0) is 103 Å². The molecule has 2 atom stereocenters. The van der Waals surface area contributed by atoms with Crippen LogP contribution >= 0.6 is 11.3 Å². The minimum Gasteiger partial charge on any atom is -0.333 e. The lowest BCUT2D eigenvalue weighted by molar-refractivity contribution is 0.747. The van der Waals surface area contributed by atoms with Gasteiger partial charge in [0.15, 0.2) is 0 Å². The lowest BCUT2D eigenvalue weighted by atomic mass is 9.86. The lowest BCUT2D eigenvalue weighted by Gasteiger charge is -2.30. The van der Waals surface area contributed by atoms with E-state index < -0.39 is 0 Å². The first-order valence-electron chi connectivity index (χ1n) is 17.4. The summed E-state index contributed by atoms with van der Waals surface area (Å²) in [4.78, 5) is 2.56. The number of thiophene rings is 1. The zero-order chi connectivity index (χ0) is 32.8. The van der Waals surface area contributed by atoms with Crippen LogP contribution in [0.4, 0.5) is 11.4 Å². The molecule has 1 aliphatic heterocycles. The summed E-state index contributed by atoms with van der Waals surface area (Å²) in [6.07, 6.45) is 7.27. The molecule has 1 aliphatic carbocycles. The van der Waals surface area contributed by atoms with Crippen LogP contribution in [-0.2, 0) is 0 Å². The van der Waals surface area contributed by atoms with E-state index in [4.69, 9.17) is 0 Å². The quantitative estimate of drug-likeness (QED) is 0.172. The number of para-hydroxylation sites is 1. The molecule has 0 bridgehead atoms. The molecule has 0 saturated heterocycles. The average Bonchev–Trinajstić information content (AvgIpc) is 3.73. The molecule has 2 heterocycles. The fraction of sp³-hybridized carbons (Fsp3) is 0.0417. The Hall–Kier alpha value is -5.96. The maximum atomic E-state index is 2.56. The average molecular weight is 654 g/mol. The SMILES string of the molecule is C1=CC2c3ccccc3N(c3cccc(-c4ccc5c6ccccc6c6ccccc6c5c4)c3)C2C=C1c1ccc2sc3ccccc3c2c1. The molecular formula is C48H31NS. The molecule has 2 unspecified atom stereocenters. The number of hydrogen-bond donors (Lipinski definition) is 0. The highest BCUT2D eigenvalue weighted by Gasteiger charge is 2.38. The van der Waals surface area contributed by atoms with Crippen molar-refractivity contribution in [1.82, 2.24) is 0 Å². The highest BCUT2D eigenvalue weighted by atomic mass is 32.1. The van der Waals surface area contributed by atoms with E-state index >= 15 is 0 Å². The van der Waals surface area contributed by atoms with E-state index in [1.165, 1.54) is 91.7 Å². The van der Waals surface area contributed by atoms with Crippen molar-refractivity contribution in [3.63, 3.8) is 0 Å². The smallest absolute Gasteiger partial charge is 0.0635 e. The summed E-state index contributed by atoms with van der Waals surface area (Å²) in [7, 11) is 0. The molecule has 0 spiro atoms. The first kappa shape index (κ1) is 27.9. The molecule has 2 heteroatoms. The molecule has 1 aromatic heterocycles. The molecule has 1 nitrogen and oxygen atoms in total. The van der Waals surface area contributed by atoms with Gasteiger partial charge >= 0.3 is 0 Å². The Labute approximate surface area is 294 Å². The predicted octanol–water partition coefficient (Wildman–Crippen LogP) is 13.4. The molecule has 0 N–H and O–H groups in total. The minimum atomic E-state index is 0.185. The highest BCUT2D eigenvalue weighted by Crippen LogP contribution is 2.50. The Morgan fingerprint density at radius 2 is 1.06 bits per heavy atom. The molecule has 50 heavy (non-hydrogen) atoms. The van der Waals surface area contributed by atoms with Gasteiger partial charge < -0.3 is 4.90 Å². The molecule has 234 valence electrons. The van der Waals surface area contributed by atoms with Gasteiger partial charge in [-0.3, -0.25) is 0 Å². The number of fused-ring (bicyclic) bond motifs is 12. The van der Waals surface area contributed by atoms with Gasteiger partial charge in [0.1, 0.15) is 0 Å². The lowest BCUT2D eigenvalue weighted by Crippen LogP contribution is -2.29. The van der Waals surface area contributed by atoms with E-state index in [0.717, 1.165) is 0 Å². The van der Waals surface area contributed by atoms with Crippen LogP contribution in [0.3, 0.4) is 0 Å². The van der Waals surface area contributed by atoms with Gasteiger partial charge in [0.25, 0.3) is 0 Å². The largest absolute Gasteiger partial charge is 0.333 e. The van der Waals surface area contributed by atoms with Crippen molar-refractivity contribution in [2.75, 3.05) is 4.90 Å². The van der Waals surface area contributed by atoms with Gasteiger partial charge in [0.2, 0.25) is 0 Å². The molecule has 0 radical (unpaired) electrons.